The summed E-state index contributed by atoms with van der Waals surface area (Å²) in [5.74, 6) is 1.32. The number of nitrogens with zero attached hydrogens (tertiary/aromatic N) is 1. The molecule has 118 valence electrons. The van der Waals surface area contributed by atoms with Crippen LogP contribution in [0.1, 0.15) is 32.3 Å². The lowest BCUT2D eigenvalue weighted by molar-refractivity contribution is 0.110. The molecule has 2 rings (SSSR count). The highest BCUT2D eigenvalue weighted by molar-refractivity contribution is 5.14. The minimum absolute atomic E-state index is 0.311. The average Bonchev–Trinajstić information content (AvgIpc) is 2.46. The van der Waals surface area contributed by atoms with Crippen molar-refractivity contribution in [1.82, 2.24) is 10.2 Å². The second kappa shape index (κ2) is 8.52. The van der Waals surface area contributed by atoms with Crippen molar-refractivity contribution in [3.8, 4) is 0 Å². The highest BCUT2D eigenvalue weighted by Crippen LogP contribution is 2.21. The van der Waals surface area contributed by atoms with Crippen LogP contribution in [0.3, 0.4) is 0 Å². The molecule has 1 aromatic carbocycles. The van der Waals surface area contributed by atoms with Gasteiger partial charge < -0.3 is 15.3 Å². The molecule has 0 bridgehead atoms. The van der Waals surface area contributed by atoms with Gasteiger partial charge in [-0.3, -0.25) is 0 Å². The van der Waals surface area contributed by atoms with E-state index >= 15 is 0 Å². The molecule has 2 unspecified atom stereocenters. The number of likely N-dealkylation sites (tertiary alicyclic amines) is 1. The summed E-state index contributed by atoms with van der Waals surface area (Å²) in [6.07, 6.45) is 2.11. The van der Waals surface area contributed by atoms with Crippen LogP contribution >= 0.6 is 0 Å². The summed E-state index contributed by atoms with van der Waals surface area (Å²) in [6, 6.07) is 11.1. The van der Waals surface area contributed by atoms with E-state index in [1.807, 2.05) is 0 Å². The Bertz CT molecular complexity index is 393. The largest absolute Gasteiger partial charge is 0.396 e. The van der Waals surface area contributed by atoms with Crippen LogP contribution in [0.25, 0.3) is 0 Å². The molecule has 2 atom stereocenters. The summed E-state index contributed by atoms with van der Waals surface area (Å²) < 4.78 is 0. The molecular weight excluding hydrogens is 260 g/mol. The lowest BCUT2D eigenvalue weighted by Crippen LogP contribution is -2.50. The molecule has 21 heavy (non-hydrogen) atoms. The van der Waals surface area contributed by atoms with E-state index in [-0.39, 0.29) is 0 Å². The van der Waals surface area contributed by atoms with E-state index in [1.54, 1.807) is 0 Å². The fourth-order valence-corrected chi connectivity index (χ4v) is 3.37. The molecule has 1 aliphatic rings. The molecule has 0 amide bonds. The number of nitrogens with one attached hydrogen (secondary N) is 1. The number of rotatable bonds is 7. The zero-order valence-corrected chi connectivity index (χ0v) is 13.5. The number of hydrogen-bond donors (Lipinski definition) is 2. The van der Waals surface area contributed by atoms with Crippen LogP contribution in [0, 0.1) is 11.8 Å². The Morgan fingerprint density at radius 1 is 1.24 bits per heavy atom. The Balaban J connectivity index is 1.87. The van der Waals surface area contributed by atoms with Crippen molar-refractivity contribution in [2.75, 3.05) is 26.2 Å². The molecule has 0 saturated carbocycles. The number of aliphatic hydroxyl groups is 1. The topological polar surface area (TPSA) is 35.5 Å². The highest BCUT2D eigenvalue weighted by atomic mass is 16.3. The predicted molar refractivity (Wildman–Crippen MR) is 88.2 cm³/mol. The number of aliphatic hydroxyl groups excluding tert-OH is 1. The van der Waals surface area contributed by atoms with Gasteiger partial charge in [0.05, 0.1) is 0 Å². The number of piperidine rings is 1. The van der Waals surface area contributed by atoms with E-state index in [1.165, 1.54) is 12.0 Å². The van der Waals surface area contributed by atoms with E-state index in [4.69, 9.17) is 0 Å². The summed E-state index contributed by atoms with van der Waals surface area (Å²) in [7, 11) is 0. The number of benzene rings is 1. The highest BCUT2D eigenvalue weighted by Gasteiger charge is 2.26. The van der Waals surface area contributed by atoms with Gasteiger partial charge in [0, 0.05) is 38.8 Å². The van der Waals surface area contributed by atoms with Crippen molar-refractivity contribution in [3.05, 3.63) is 35.9 Å². The molecule has 0 aliphatic carbocycles. The second-order valence-electron chi connectivity index (χ2n) is 6.79. The third-order valence-corrected chi connectivity index (χ3v) is 4.21. The van der Waals surface area contributed by atoms with Crippen LogP contribution in [0.4, 0.5) is 0 Å². The van der Waals surface area contributed by atoms with E-state index in [2.05, 4.69) is 54.4 Å². The first-order valence-electron chi connectivity index (χ1n) is 8.28. The lowest BCUT2D eigenvalue weighted by atomic mass is 9.91. The Labute approximate surface area is 129 Å². The molecule has 1 fully saturated rings. The monoisotopic (exact) mass is 290 g/mol. The van der Waals surface area contributed by atoms with Crippen LogP contribution < -0.4 is 5.32 Å². The molecule has 1 aromatic rings. The second-order valence-corrected chi connectivity index (χ2v) is 6.79. The normalized spacial score (nSPS) is 23.6. The fraction of sp³-hybridized carbons (Fsp3) is 0.667. The Kier molecular flexibility index (Phi) is 6.68. The SMILES string of the molecule is CC(C)CN1CC(CCO)CC(NCc2ccccc2)C1. The summed E-state index contributed by atoms with van der Waals surface area (Å²) in [5, 5.41) is 12.9. The van der Waals surface area contributed by atoms with Crippen molar-refractivity contribution in [2.24, 2.45) is 11.8 Å². The smallest absolute Gasteiger partial charge is 0.0434 e. The van der Waals surface area contributed by atoms with Crippen LogP contribution in [0.2, 0.25) is 0 Å². The maximum absolute atomic E-state index is 9.24. The fourth-order valence-electron chi connectivity index (χ4n) is 3.37. The van der Waals surface area contributed by atoms with Crippen LogP contribution in [-0.4, -0.2) is 42.3 Å². The maximum atomic E-state index is 9.24. The standard InChI is InChI=1S/C18H30N2O/c1-15(2)12-20-13-17(8-9-21)10-18(14-20)19-11-16-6-4-3-5-7-16/h3-7,15,17-19,21H,8-14H2,1-2H3. The zero-order chi connectivity index (χ0) is 15.1. The van der Waals surface area contributed by atoms with Crippen LogP contribution in [0.5, 0.6) is 0 Å². The van der Waals surface area contributed by atoms with Crippen molar-refractivity contribution >= 4 is 0 Å². The van der Waals surface area contributed by atoms with Crippen molar-refractivity contribution < 1.29 is 5.11 Å². The molecule has 0 aromatic heterocycles. The summed E-state index contributed by atoms with van der Waals surface area (Å²) in [4.78, 5) is 2.57. The molecule has 1 heterocycles. The third-order valence-electron chi connectivity index (χ3n) is 4.21. The van der Waals surface area contributed by atoms with Gasteiger partial charge in [-0.25, -0.2) is 0 Å². The van der Waals surface area contributed by atoms with Crippen molar-refractivity contribution in [1.29, 1.82) is 0 Å². The molecule has 3 heteroatoms. The van der Waals surface area contributed by atoms with Gasteiger partial charge in [-0.1, -0.05) is 44.2 Å². The van der Waals surface area contributed by atoms with Gasteiger partial charge in [-0.15, -0.1) is 0 Å². The van der Waals surface area contributed by atoms with Crippen LogP contribution in [-0.2, 0) is 6.54 Å². The van der Waals surface area contributed by atoms with Crippen molar-refractivity contribution in [3.63, 3.8) is 0 Å². The maximum Gasteiger partial charge on any atom is 0.0434 e. The summed E-state index contributed by atoms with van der Waals surface area (Å²) in [6.45, 7) is 9.24. The van der Waals surface area contributed by atoms with Gasteiger partial charge in [0.15, 0.2) is 0 Å². The lowest BCUT2D eigenvalue weighted by Gasteiger charge is -2.39. The molecule has 2 N–H and O–H groups in total. The van der Waals surface area contributed by atoms with E-state index < -0.39 is 0 Å². The van der Waals surface area contributed by atoms with Gasteiger partial charge in [-0.05, 0) is 30.2 Å². The molecule has 1 aliphatic heterocycles. The van der Waals surface area contributed by atoms with E-state index in [0.29, 0.717) is 24.5 Å². The predicted octanol–water partition coefficient (Wildman–Crippen LogP) is 2.51. The van der Waals surface area contributed by atoms with E-state index in [0.717, 1.165) is 32.6 Å². The Morgan fingerprint density at radius 3 is 2.67 bits per heavy atom. The Hall–Kier alpha value is -0.900. The minimum Gasteiger partial charge on any atom is -0.396 e. The summed E-state index contributed by atoms with van der Waals surface area (Å²) >= 11 is 0. The molecule has 0 spiro atoms. The zero-order valence-electron chi connectivity index (χ0n) is 13.5. The first-order valence-corrected chi connectivity index (χ1v) is 8.28. The third kappa shape index (κ3) is 5.77. The van der Waals surface area contributed by atoms with E-state index in [9.17, 15) is 5.11 Å². The Morgan fingerprint density at radius 2 is 2.00 bits per heavy atom. The van der Waals surface area contributed by atoms with Gasteiger partial charge in [-0.2, -0.15) is 0 Å². The molecule has 0 radical (unpaired) electrons. The van der Waals surface area contributed by atoms with Gasteiger partial charge >= 0.3 is 0 Å². The van der Waals surface area contributed by atoms with Crippen molar-refractivity contribution in [2.45, 2.75) is 39.3 Å². The van der Waals surface area contributed by atoms with Crippen LogP contribution in [0.15, 0.2) is 30.3 Å². The first kappa shape index (κ1) is 16.5. The first-order chi connectivity index (χ1) is 10.2. The minimum atomic E-state index is 0.311. The number of hydrogen-bond acceptors (Lipinski definition) is 3. The van der Waals surface area contributed by atoms with Gasteiger partial charge in [0.1, 0.15) is 0 Å². The summed E-state index contributed by atoms with van der Waals surface area (Å²) in [5.41, 5.74) is 1.34. The van der Waals surface area contributed by atoms with Gasteiger partial charge in [0.25, 0.3) is 0 Å². The quantitative estimate of drug-likeness (QED) is 0.810. The van der Waals surface area contributed by atoms with Gasteiger partial charge in [0.2, 0.25) is 0 Å². The average molecular weight is 290 g/mol. The molecule has 1 saturated heterocycles. The molecule has 3 nitrogen and oxygen atoms in total. The molecular formula is C18H30N2O.